The van der Waals surface area contributed by atoms with Crippen molar-refractivity contribution in [3.05, 3.63) is 46.2 Å². The lowest BCUT2D eigenvalue weighted by Crippen LogP contribution is -2.11. The van der Waals surface area contributed by atoms with Crippen LogP contribution in [0.3, 0.4) is 0 Å². The molecule has 0 saturated carbocycles. The zero-order valence-electron chi connectivity index (χ0n) is 14.4. The smallest absolute Gasteiger partial charge is 0.175 e. The Hall–Kier alpha value is -2.28. The first-order valence-corrected chi connectivity index (χ1v) is 8.85. The molecule has 3 rings (SSSR count). The van der Waals surface area contributed by atoms with Crippen LogP contribution in [0.2, 0.25) is 0 Å². The van der Waals surface area contributed by atoms with Crippen molar-refractivity contribution in [2.24, 2.45) is 0 Å². The van der Waals surface area contributed by atoms with Crippen LogP contribution in [-0.4, -0.2) is 31.5 Å². The maximum absolute atomic E-state index is 4.70. The van der Waals surface area contributed by atoms with Crippen molar-refractivity contribution >= 4 is 17.2 Å². The fourth-order valence-electron chi connectivity index (χ4n) is 2.17. The molecule has 6 nitrogen and oxygen atoms in total. The van der Waals surface area contributed by atoms with Gasteiger partial charge < -0.3 is 5.32 Å². The van der Waals surface area contributed by atoms with Crippen LogP contribution in [0.5, 0.6) is 0 Å². The van der Waals surface area contributed by atoms with Crippen LogP contribution in [0.15, 0.2) is 29.8 Å². The van der Waals surface area contributed by atoms with Crippen LogP contribution in [0.1, 0.15) is 37.2 Å². The number of hydrogen-bond acceptors (Lipinski definition) is 6. The summed E-state index contributed by atoms with van der Waals surface area (Å²) in [6, 6.07) is 5.76. The zero-order valence-corrected chi connectivity index (χ0v) is 15.3. The molecule has 0 fully saturated rings. The number of hydrogen-bond donors (Lipinski definition) is 1. The van der Waals surface area contributed by atoms with Gasteiger partial charge in [0.25, 0.3) is 0 Å². The van der Waals surface area contributed by atoms with Gasteiger partial charge in [0.05, 0.1) is 16.4 Å². The molecule has 0 amide bonds. The SMILES string of the molecule is Cc1ccn(-c2ccc(NCCc3csc(C(C)(C)C)n3)nn2)n1. The largest absolute Gasteiger partial charge is 0.368 e. The topological polar surface area (TPSA) is 68.5 Å². The Morgan fingerprint density at radius 1 is 1.17 bits per heavy atom. The Balaban J connectivity index is 1.54. The number of aromatic nitrogens is 5. The number of nitrogens with one attached hydrogen (secondary N) is 1. The highest BCUT2D eigenvalue weighted by molar-refractivity contribution is 7.09. The molecule has 0 unspecified atom stereocenters. The highest BCUT2D eigenvalue weighted by Gasteiger charge is 2.17. The molecule has 0 aromatic carbocycles. The van der Waals surface area contributed by atoms with Gasteiger partial charge >= 0.3 is 0 Å². The minimum Gasteiger partial charge on any atom is -0.368 e. The summed E-state index contributed by atoms with van der Waals surface area (Å²) in [4.78, 5) is 4.70. The van der Waals surface area contributed by atoms with E-state index < -0.39 is 0 Å². The van der Waals surface area contributed by atoms with Gasteiger partial charge in [-0.2, -0.15) is 5.10 Å². The lowest BCUT2D eigenvalue weighted by Gasteiger charge is -2.13. The van der Waals surface area contributed by atoms with Crippen LogP contribution in [-0.2, 0) is 11.8 Å². The summed E-state index contributed by atoms with van der Waals surface area (Å²) in [5, 5.41) is 19.3. The van der Waals surface area contributed by atoms with E-state index in [2.05, 4.69) is 46.8 Å². The van der Waals surface area contributed by atoms with Gasteiger partial charge in [-0.05, 0) is 25.1 Å². The molecule has 3 heterocycles. The third-order valence-electron chi connectivity index (χ3n) is 3.49. The molecule has 1 N–H and O–H groups in total. The molecule has 0 aliphatic heterocycles. The van der Waals surface area contributed by atoms with Gasteiger partial charge in [-0.15, -0.1) is 21.5 Å². The van der Waals surface area contributed by atoms with E-state index in [1.807, 2.05) is 31.3 Å². The van der Waals surface area contributed by atoms with E-state index in [1.54, 1.807) is 16.0 Å². The average Bonchev–Trinajstić information content (AvgIpc) is 3.17. The normalized spacial score (nSPS) is 11.7. The van der Waals surface area contributed by atoms with E-state index >= 15 is 0 Å². The molecule has 7 heteroatoms. The van der Waals surface area contributed by atoms with Crippen molar-refractivity contribution in [2.45, 2.75) is 39.5 Å². The van der Waals surface area contributed by atoms with Crippen molar-refractivity contribution in [1.82, 2.24) is 25.0 Å². The van der Waals surface area contributed by atoms with Crippen molar-refractivity contribution < 1.29 is 0 Å². The Morgan fingerprint density at radius 3 is 2.58 bits per heavy atom. The van der Waals surface area contributed by atoms with E-state index in [4.69, 9.17) is 4.98 Å². The molecule has 0 radical (unpaired) electrons. The first-order chi connectivity index (χ1) is 11.4. The maximum Gasteiger partial charge on any atom is 0.175 e. The lowest BCUT2D eigenvalue weighted by atomic mass is 9.98. The van der Waals surface area contributed by atoms with Crippen LogP contribution >= 0.6 is 11.3 Å². The van der Waals surface area contributed by atoms with Gasteiger partial charge in [-0.1, -0.05) is 20.8 Å². The molecule has 3 aromatic heterocycles. The number of aryl methyl sites for hydroxylation is 1. The van der Waals surface area contributed by atoms with Gasteiger partial charge in [0.1, 0.15) is 5.82 Å². The zero-order chi connectivity index (χ0) is 17.2. The Bertz CT molecular complexity index is 797. The number of rotatable bonds is 5. The summed E-state index contributed by atoms with van der Waals surface area (Å²) in [5.74, 6) is 1.47. The second kappa shape index (κ2) is 6.68. The van der Waals surface area contributed by atoms with E-state index in [1.165, 1.54) is 5.01 Å². The maximum atomic E-state index is 4.70. The average molecular weight is 342 g/mol. The molecule has 0 aliphatic rings. The van der Waals surface area contributed by atoms with Crippen LogP contribution < -0.4 is 5.32 Å². The summed E-state index contributed by atoms with van der Waals surface area (Å²) in [6.07, 6.45) is 2.75. The van der Waals surface area contributed by atoms with Gasteiger partial charge in [-0.25, -0.2) is 9.67 Å². The summed E-state index contributed by atoms with van der Waals surface area (Å²) < 4.78 is 1.72. The van der Waals surface area contributed by atoms with Crippen LogP contribution in [0.25, 0.3) is 5.82 Å². The summed E-state index contributed by atoms with van der Waals surface area (Å²) in [6.45, 7) is 9.29. The third kappa shape index (κ3) is 3.97. The Kier molecular flexibility index (Phi) is 4.62. The van der Waals surface area contributed by atoms with E-state index in [9.17, 15) is 0 Å². The minimum absolute atomic E-state index is 0.114. The van der Waals surface area contributed by atoms with Crippen molar-refractivity contribution in [3.8, 4) is 5.82 Å². The highest BCUT2D eigenvalue weighted by Crippen LogP contribution is 2.25. The molecule has 0 bridgehead atoms. The van der Waals surface area contributed by atoms with E-state index in [0.29, 0.717) is 5.82 Å². The monoisotopic (exact) mass is 342 g/mol. The number of nitrogens with zero attached hydrogens (tertiary/aromatic N) is 5. The third-order valence-corrected chi connectivity index (χ3v) is 4.81. The van der Waals surface area contributed by atoms with Crippen molar-refractivity contribution in [3.63, 3.8) is 0 Å². The Morgan fingerprint density at radius 2 is 2.00 bits per heavy atom. The minimum atomic E-state index is 0.114. The van der Waals surface area contributed by atoms with Gasteiger partial charge in [-0.3, -0.25) is 0 Å². The highest BCUT2D eigenvalue weighted by atomic mass is 32.1. The van der Waals surface area contributed by atoms with Gasteiger partial charge in [0.15, 0.2) is 5.82 Å². The van der Waals surface area contributed by atoms with E-state index in [0.717, 1.165) is 30.2 Å². The molecule has 24 heavy (non-hydrogen) atoms. The molecular formula is C17H22N6S. The summed E-state index contributed by atoms with van der Waals surface area (Å²) in [7, 11) is 0. The summed E-state index contributed by atoms with van der Waals surface area (Å²) in [5.41, 5.74) is 2.19. The van der Waals surface area contributed by atoms with Crippen LogP contribution in [0, 0.1) is 6.92 Å². The molecule has 126 valence electrons. The van der Waals surface area contributed by atoms with Crippen molar-refractivity contribution in [2.75, 3.05) is 11.9 Å². The molecule has 3 aromatic rings. The number of thiazole rings is 1. The summed E-state index contributed by atoms with van der Waals surface area (Å²) >= 11 is 1.73. The molecular weight excluding hydrogens is 320 g/mol. The second-order valence-electron chi connectivity index (χ2n) is 6.75. The first kappa shape index (κ1) is 16.6. The molecule has 0 atom stereocenters. The molecule has 0 spiro atoms. The number of anilines is 1. The predicted octanol–water partition coefficient (Wildman–Crippen LogP) is 3.38. The molecule has 0 saturated heterocycles. The van der Waals surface area contributed by atoms with Crippen LogP contribution in [0.4, 0.5) is 5.82 Å². The fraction of sp³-hybridized carbons (Fsp3) is 0.412. The van der Waals surface area contributed by atoms with E-state index in [-0.39, 0.29) is 5.41 Å². The second-order valence-corrected chi connectivity index (χ2v) is 7.61. The fourth-order valence-corrected chi connectivity index (χ4v) is 3.11. The quantitative estimate of drug-likeness (QED) is 0.770. The predicted molar refractivity (Wildman–Crippen MR) is 96.9 cm³/mol. The molecule has 0 aliphatic carbocycles. The van der Waals surface area contributed by atoms with Gasteiger partial charge in [0.2, 0.25) is 0 Å². The first-order valence-electron chi connectivity index (χ1n) is 7.97. The Labute approximate surface area is 146 Å². The van der Waals surface area contributed by atoms with Crippen molar-refractivity contribution in [1.29, 1.82) is 0 Å². The van der Waals surface area contributed by atoms with Gasteiger partial charge in [0, 0.05) is 30.0 Å². The standard InChI is InChI=1S/C17H22N6S/c1-12-8-10-23(22-12)15-6-5-14(20-21-15)18-9-7-13-11-24-16(19-13)17(2,3)4/h5-6,8,10-11H,7,9H2,1-4H3,(H,18,20). The lowest BCUT2D eigenvalue weighted by molar-refractivity contribution is 0.583.